The SMILES string of the molecule is O=C(O)N(C1CCNCC1)C(c1ccccc1)c1ccccc1. The molecule has 0 unspecified atom stereocenters. The van der Waals surface area contributed by atoms with Gasteiger partial charge in [0.05, 0.1) is 6.04 Å². The minimum absolute atomic E-state index is 0.0409. The predicted octanol–water partition coefficient (Wildman–Crippen LogP) is 3.51. The van der Waals surface area contributed by atoms with Gasteiger partial charge in [0.25, 0.3) is 0 Å². The molecule has 1 aliphatic heterocycles. The van der Waals surface area contributed by atoms with Crippen molar-refractivity contribution in [1.82, 2.24) is 10.2 Å². The third-order valence-corrected chi connectivity index (χ3v) is 4.43. The standard InChI is InChI=1S/C19H22N2O2/c22-19(23)21(17-11-13-20-14-12-17)18(15-7-3-1-4-8-15)16-9-5-2-6-10-16/h1-10,17-18,20H,11-14H2,(H,22,23). The zero-order chi connectivity index (χ0) is 16.1. The van der Waals surface area contributed by atoms with Gasteiger partial charge in [-0.2, -0.15) is 0 Å². The van der Waals surface area contributed by atoms with Crippen LogP contribution in [0.25, 0.3) is 0 Å². The molecule has 2 aromatic carbocycles. The van der Waals surface area contributed by atoms with Crippen LogP contribution >= 0.6 is 0 Å². The molecule has 1 amide bonds. The summed E-state index contributed by atoms with van der Waals surface area (Å²) in [5.41, 5.74) is 2.03. The number of nitrogens with one attached hydrogen (secondary N) is 1. The largest absolute Gasteiger partial charge is 0.465 e. The van der Waals surface area contributed by atoms with Gasteiger partial charge in [-0.15, -0.1) is 0 Å². The van der Waals surface area contributed by atoms with Gasteiger partial charge in [-0.05, 0) is 37.1 Å². The predicted molar refractivity (Wildman–Crippen MR) is 90.5 cm³/mol. The van der Waals surface area contributed by atoms with Crippen molar-refractivity contribution in [3.63, 3.8) is 0 Å². The Morgan fingerprint density at radius 1 is 0.957 bits per heavy atom. The first-order chi connectivity index (χ1) is 11.3. The van der Waals surface area contributed by atoms with Crippen LogP contribution in [0.5, 0.6) is 0 Å². The fourth-order valence-electron chi connectivity index (χ4n) is 3.35. The van der Waals surface area contributed by atoms with Crippen LogP contribution in [0.1, 0.15) is 30.0 Å². The van der Waals surface area contributed by atoms with E-state index < -0.39 is 6.09 Å². The zero-order valence-corrected chi connectivity index (χ0v) is 13.1. The van der Waals surface area contributed by atoms with Crippen LogP contribution in [-0.2, 0) is 0 Å². The molecule has 0 aliphatic carbocycles. The lowest BCUT2D eigenvalue weighted by Gasteiger charge is -2.38. The number of carboxylic acid groups (broad SMARTS) is 1. The molecule has 0 spiro atoms. The Kier molecular flexibility index (Phi) is 4.93. The van der Waals surface area contributed by atoms with Crippen LogP contribution in [0, 0.1) is 0 Å². The fraction of sp³-hybridized carbons (Fsp3) is 0.316. The molecule has 2 N–H and O–H groups in total. The molecule has 120 valence electrons. The summed E-state index contributed by atoms with van der Waals surface area (Å²) in [5, 5.41) is 13.2. The summed E-state index contributed by atoms with van der Waals surface area (Å²) in [6.07, 6.45) is 0.847. The molecule has 3 rings (SSSR count). The van der Waals surface area contributed by atoms with Gasteiger partial charge in [0, 0.05) is 6.04 Å². The van der Waals surface area contributed by atoms with E-state index in [2.05, 4.69) is 5.32 Å². The summed E-state index contributed by atoms with van der Waals surface area (Å²) in [4.78, 5) is 13.7. The van der Waals surface area contributed by atoms with Crippen molar-refractivity contribution < 1.29 is 9.90 Å². The Balaban J connectivity index is 2.03. The average Bonchev–Trinajstić information content (AvgIpc) is 2.61. The first-order valence-corrected chi connectivity index (χ1v) is 8.09. The lowest BCUT2D eigenvalue weighted by Crippen LogP contribution is -2.47. The molecule has 0 aromatic heterocycles. The lowest BCUT2D eigenvalue weighted by molar-refractivity contribution is 0.0960. The van der Waals surface area contributed by atoms with Crippen LogP contribution in [-0.4, -0.2) is 35.2 Å². The maximum absolute atomic E-state index is 12.1. The molecule has 1 heterocycles. The van der Waals surface area contributed by atoms with E-state index in [0.29, 0.717) is 0 Å². The molecule has 4 heteroatoms. The molecule has 0 atom stereocenters. The highest BCUT2D eigenvalue weighted by Crippen LogP contribution is 2.32. The number of hydrogen-bond donors (Lipinski definition) is 2. The first-order valence-electron chi connectivity index (χ1n) is 8.09. The Morgan fingerprint density at radius 2 is 1.43 bits per heavy atom. The van der Waals surface area contributed by atoms with Crippen molar-refractivity contribution >= 4 is 6.09 Å². The molecule has 1 saturated heterocycles. The summed E-state index contributed by atoms with van der Waals surface area (Å²) in [5.74, 6) is 0. The number of hydrogen-bond acceptors (Lipinski definition) is 2. The van der Waals surface area contributed by atoms with Crippen molar-refractivity contribution in [3.05, 3.63) is 71.8 Å². The van der Waals surface area contributed by atoms with Gasteiger partial charge in [-0.1, -0.05) is 60.7 Å². The van der Waals surface area contributed by atoms with Crippen LogP contribution in [0.15, 0.2) is 60.7 Å². The number of amides is 1. The number of rotatable bonds is 4. The quantitative estimate of drug-likeness (QED) is 0.908. The summed E-state index contributed by atoms with van der Waals surface area (Å²) in [6, 6.07) is 19.6. The second-order valence-electron chi connectivity index (χ2n) is 5.89. The molecule has 1 aliphatic rings. The minimum Gasteiger partial charge on any atom is -0.465 e. The van der Waals surface area contributed by atoms with Crippen LogP contribution in [0.4, 0.5) is 4.79 Å². The monoisotopic (exact) mass is 310 g/mol. The highest BCUT2D eigenvalue weighted by Gasteiger charge is 2.33. The van der Waals surface area contributed by atoms with E-state index in [4.69, 9.17) is 0 Å². The molecule has 0 saturated carbocycles. The van der Waals surface area contributed by atoms with Gasteiger partial charge in [-0.25, -0.2) is 4.79 Å². The lowest BCUT2D eigenvalue weighted by atomic mass is 9.93. The van der Waals surface area contributed by atoms with Crippen LogP contribution < -0.4 is 5.32 Å². The van der Waals surface area contributed by atoms with Crippen molar-refractivity contribution in [2.75, 3.05) is 13.1 Å². The van der Waals surface area contributed by atoms with Gasteiger partial charge in [0.1, 0.15) is 0 Å². The second-order valence-corrected chi connectivity index (χ2v) is 5.89. The van der Waals surface area contributed by atoms with Crippen molar-refractivity contribution in [1.29, 1.82) is 0 Å². The normalized spacial score (nSPS) is 15.5. The van der Waals surface area contributed by atoms with Crippen molar-refractivity contribution in [2.24, 2.45) is 0 Å². The molecule has 1 fully saturated rings. The summed E-state index contributed by atoms with van der Waals surface area (Å²) >= 11 is 0. The third kappa shape index (κ3) is 3.54. The van der Waals surface area contributed by atoms with E-state index in [1.54, 1.807) is 4.90 Å². The Bertz CT molecular complexity index is 585. The minimum atomic E-state index is -0.852. The second kappa shape index (κ2) is 7.29. The van der Waals surface area contributed by atoms with E-state index >= 15 is 0 Å². The van der Waals surface area contributed by atoms with Crippen LogP contribution in [0.2, 0.25) is 0 Å². The first kappa shape index (κ1) is 15.6. The van der Waals surface area contributed by atoms with E-state index in [1.165, 1.54) is 0 Å². The van der Waals surface area contributed by atoms with Gasteiger partial charge in [-0.3, -0.25) is 4.90 Å². The molecule has 0 bridgehead atoms. The third-order valence-electron chi connectivity index (χ3n) is 4.43. The summed E-state index contributed by atoms with van der Waals surface area (Å²) in [6.45, 7) is 1.73. The Morgan fingerprint density at radius 3 is 1.87 bits per heavy atom. The Hall–Kier alpha value is -2.33. The number of carbonyl (C=O) groups is 1. The summed E-state index contributed by atoms with van der Waals surface area (Å²) < 4.78 is 0. The average molecular weight is 310 g/mol. The molecule has 23 heavy (non-hydrogen) atoms. The number of piperidine rings is 1. The smallest absolute Gasteiger partial charge is 0.408 e. The zero-order valence-electron chi connectivity index (χ0n) is 13.1. The highest BCUT2D eigenvalue weighted by atomic mass is 16.4. The van der Waals surface area contributed by atoms with Crippen molar-refractivity contribution in [2.45, 2.75) is 24.9 Å². The topological polar surface area (TPSA) is 52.6 Å². The number of nitrogens with zero attached hydrogens (tertiary/aromatic N) is 1. The molecular weight excluding hydrogens is 288 g/mol. The van der Waals surface area contributed by atoms with Crippen LogP contribution in [0.3, 0.4) is 0 Å². The highest BCUT2D eigenvalue weighted by molar-refractivity contribution is 5.67. The van der Waals surface area contributed by atoms with Crippen molar-refractivity contribution in [3.8, 4) is 0 Å². The fourth-order valence-corrected chi connectivity index (χ4v) is 3.35. The van der Waals surface area contributed by atoms with Gasteiger partial charge in [0.2, 0.25) is 0 Å². The van der Waals surface area contributed by atoms with Gasteiger partial charge in [0.15, 0.2) is 0 Å². The van der Waals surface area contributed by atoms with E-state index in [1.807, 2.05) is 60.7 Å². The van der Waals surface area contributed by atoms with E-state index in [9.17, 15) is 9.90 Å². The molecule has 0 radical (unpaired) electrons. The van der Waals surface area contributed by atoms with E-state index in [-0.39, 0.29) is 12.1 Å². The van der Waals surface area contributed by atoms with E-state index in [0.717, 1.165) is 37.1 Å². The maximum atomic E-state index is 12.1. The van der Waals surface area contributed by atoms with Gasteiger partial charge < -0.3 is 10.4 Å². The summed E-state index contributed by atoms with van der Waals surface area (Å²) in [7, 11) is 0. The number of benzene rings is 2. The Labute approximate surface area is 136 Å². The molecule has 2 aromatic rings. The van der Waals surface area contributed by atoms with Gasteiger partial charge >= 0.3 is 6.09 Å². The molecule has 4 nitrogen and oxygen atoms in total. The molecular formula is C19H22N2O2. The maximum Gasteiger partial charge on any atom is 0.408 e.